The molecule has 3 N–H and O–H groups in total. The first-order chi connectivity index (χ1) is 22.4. The number of β-lactam (4-membered cyclic amide) rings is 1. The fourth-order valence-corrected chi connectivity index (χ4v) is 7.90. The highest BCUT2D eigenvalue weighted by molar-refractivity contribution is 8.04. The Morgan fingerprint density at radius 1 is 1.13 bits per heavy atom. The van der Waals surface area contributed by atoms with E-state index >= 15 is 0 Å². The van der Waals surface area contributed by atoms with Crippen molar-refractivity contribution in [1.29, 1.82) is 0 Å². The van der Waals surface area contributed by atoms with Gasteiger partial charge in [-0.05, 0) is 38.2 Å². The molecule has 2 aromatic carbocycles. The standard InChI is InChI=1S/C31H34N6O7S3/c1-30(2,3)44-20(38)15-42-35-21(24-34-29(32)47-36-24)25(39)33-22-26(40)37-16-31(45-4,17-46-27(22)37)28(41)43-23(18-11-7-5-8-12-18)19-13-9-6-10-14-19/h5-14,22-23,27H,15-17H2,1-4H3,(H,33,39)(H2,32,34,36)/t22?,27-,31?/m1/s1. The van der Waals surface area contributed by atoms with Gasteiger partial charge in [-0.25, -0.2) is 4.79 Å². The van der Waals surface area contributed by atoms with Crippen LogP contribution in [0.5, 0.6) is 0 Å². The lowest BCUT2D eigenvalue weighted by Crippen LogP contribution is -2.75. The van der Waals surface area contributed by atoms with Gasteiger partial charge in [-0.3, -0.25) is 14.4 Å². The van der Waals surface area contributed by atoms with Gasteiger partial charge in [0, 0.05) is 23.8 Å². The van der Waals surface area contributed by atoms with Crippen LogP contribution < -0.4 is 11.1 Å². The lowest BCUT2D eigenvalue weighted by atomic mass is 10.00. The fourth-order valence-electron chi connectivity index (χ4n) is 4.93. The monoisotopic (exact) mass is 698 g/mol. The molecule has 3 atom stereocenters. The molecule has 0 radical (unpaired) electrons. The summed E-state index contributed by atoms with van der Waals surface area (Å²) in [6, 6.07) is 18.1. The summed E-state index contributed by atoms with van der Waals surface area (Å²) in [5, 5.41) is 6.12. The number of anilines is 1. The molecular weight excluding hydrogens is 665 g/mol. The van der Waals surface area contributed by atoms with Crippen LogP contribution in [0.1, 0.15) is 43.8 Å². The number of nitrogens with two attached hydrogens (primary N) is 1. The summed E-state index contributed by atoms with van der Waals surface area (Å²) in [7, 11) is 0. The number of carbonyl (C=O) groups is 4. The molecule has 248 valence electrons. The highest BCUT2D eigenvalue weighted by Crippen LogP contribution is 2.44. The maximum atomic E-state index is 13.9. The third-order valence-electron chi connectivity index (χ3n) is 7.16. The van der Waals surface area contributed by atoms with Crippen molar-refractivity contribution in [1.82, 2.24) is 19.6 Å². The van der Waals surface area contributed by atoms with Crippen molar-refractivity contribution in [3.05, 3.63) is 77.6 Å². The van der Waals surface area contributed by atoms with Gasteiger partial charge in [-0.1, -0.05) is 65.8 Å². The second kappa shape index (κ2) is 14.3. The van der Waals surface area contributed by atoms with Crippen LogP contribution in [0, 0.1) is 0 Å². The lowest BCUT2D eigenvalue weighted by molar-refractivity contribution is -0.160. The number of rotatable bonds is 11. The van der Waals surface area contributed by atoms with Crippen LogP contribution in [-0.2, 0) is 33.5 Å². The zero-order valence-electron chi connectivity index (χ0n) is 26.1. The molecule has 2 fully saturated rings. The molecular formula is C31H34N6O7S3. The second-order valence-corrected chi connectivity index (χ2v) is 14.8. The largest absolute Gasteiger partial charge is 0.457 e. The van der Waals surface area contributed by atoms with Gasteiger partial charge in [0.15, 0.2) is 11.2 Å². The number of ether oxygens (including phenoxy) is 2. The van der Waals surface area contributed by atoms with Crippen molar-refractivity contribution >= 4 is 69.7 Å². The van der Waals surface area contributed by atoms with Crippen LogP contribution in [0.3, 0.4) is 0 Å². The number of oxime groups is 1. The van der Waals surface area contributed by atoms with E-state index in [9.17, 15) is 19.2 Å². The number of esters is 2. The van der Waals surface area contributed by atoms with Crippen molar-refractivity contribution in [2.75, 3.05) is 30.9 Å². The molecule has 0 bridgehead atoms. The number of aromatic nitrogens is 2. The van der Waals surface area contributed by atoms with Gasteiger partial charge in [-0.15, -0.1) is 23.5 Å². The van der Waals surface area contributed by atoms with E-state index < -0.39 is 52.3 Å². The van der Waals surface area contributed by atoms with Crippen molar-refractivity contribution in [2.24, 2.45) is 5.16 Å². The van der Waals surface area contributed by atoms with Crippen molar-refractivity contribution in [2.45, 2.75) is 48.6 Å². The lowest BCUT2D eigenvalue weighted by Gasteiger charge is -2.53. The van der Waals surface area contributed by atoms with E-state index in [2.05, 4.69) is 19.8 Å². The van der Waals surface area contributed by atoms with Crippen molar-refractivity contribution < 1.29 is 33.5 Å². The van der Waals surface area contributed by atoms with Gasteiger partial charge in [0.2, 0.25) is 24.1 Å². The van der Waals surface area contributed by atoms with E-state index in [0.717, 1.165) is 22.7 Å². The molecule has 2 unspecified atom stereocenters. The van der Waals surface area contributed by atoms with E-state index in [4.69, 9.17) is 20.0 Å². The van der Waals surface area contributed by atoms with Gasteiger partial charge in [0.05, 0.1) is 0 Å². The Kier molecular flexibility index (Phi) is 10.4. The van der Waals surface area contributed by atoms with Crippen LogP contribution in [0.25, 0.3) is 0 Å². The summed E-state index contributed by atoms with van der Waals surface area (Å²) >= 11 is 3.55. The third kappa shape index (κ3) is 7.88. The predicted molar refractivity (Wildman–Crippen MR) is 180 cm³/mol. The normalized spacial score (nSPS) is 21.0. The summed E-state index contributed by atoms with van der Waals surface area (Å²) < 4.78 is 14.4. The molecule has 2 saturated heterocycles. The zero-order chi connectivity index (χ0) is 33.8. The van der Waals surface area contributed by atoms with Crippen LogP contribution in [0.4, 0.5) is 5.13 Å². The minimum absolute atomic E-state index is 0.0865. The highest BCUT2D eigenvalue weighted by atomic mass is 32.2. The molecule has 47 heavy (non-hydrogen) atoms. The SMILES string of the molecule is CSC1(C(=O)OC(c2ccccc2)c2ccccc2)CS[C@@H]2C(NC(=O)C(=NOCC(=O)OC(C)(C)C)c3nsc(N)n3)C(=O)N2C1. The number of hydrogen-bond acceptors (Lipinski definition) is 14. The third-order valence-corrected chi connectivity index (χ3v) is 10.6. The van der Waals surface area contributed by atoms with Crippen LogP contribution >= 0.6 is 35.1 Å². The summed E-state index contributed by atoms with van der Waals surface area (Å²) in [6.07, 6.45) is 1.19. The van der Waals surface area contributed by atoms with E-state index in [0.29, 0.717) is 5.75 Å². The number of nitrogens with zero attached hydrogens (tertiary/aromatic N) is 4. The fraction of sp³-hybridized carbons (Fsp3) is 0.387. The van der Waals surface area contributed by atoms with Crippen LogP contribution in [-0.4, -0.2) is 90.6 Å². The number of hydrogen-bond donors (Lipinski definition) is 2. The first kappa shape index (κ1) is 34.2. The Morgan fingerprint density at radius 3 is 2.32 bits per heavy atom. The Hall–Kier alpha value is -4.15. The maximum Gasteiger partial charge on any atom is 0.347 e. The molecule has 2 aliphatic rings. The van der Waals surface area contributed by atoms with E-state index in [1.54, 1.807) is 25.7 Å². The molecule has 0 spiro atoms. The Bertz CT molecular complexity index is 1610. The molecule has 2 aliphatic heterocycles. The number of benzene rings is 2. The summed E-state index contributed by atoms with van der Waals surface area (Å²) in [5.41, 5.74) is 6.27. The van der Waals surface area contributed by atoms with Crippen molar-refractivity contribution in [3.8, 4) is 0 Å². The Balaban J connectivity index is 1.26. The van der Waals surface area contributed by atoms with Gasteiger partial charge in [-0.2, -0.15) is 9.36 Å². The van der Waals surface area contributed by atoms with Gasteiger partial charge in [0.25, 0.3) is 5.91 Å². The molecule has 16 heteroatoms. The van der Waals surface area contributed by atoms with E-state index in [-0.39, 0.29) is 29.1 Å². The summed E-state index contributed by atoms with van der Waals surface area (Å²) in [6.45, 7) is 4.65. The summed E-state index contributed by atoms with van der Waals surface area (Å²) in [5.74, 6) is -2.06. The minimum atomic E-state index is -1.03. The average Bonchev–Trinajstić information content (AvgIpc) is 3.49. The molecule has 0 aliphatic carbocycles. The molecule has 1 aromatic heterocycles. The number of fused-ring (bicyclic) bond motifs is 1. The molecule has 0 saturated carbocycles. The first-order valence-electron chi connectivity index (χ1n) is 14.5. The topological polar surface area (TPSA) is 175 Å². The highest BCUT2D eigenvalue weighted by Gasteiger charge is 2.58. The molecule has 13 nitrogen and oxygen atoms in total. The van der Waals surface area contributed by atoms with Gasteiger partial charge < -0.3 is 30.3 Å². The predicted octanol–water partition coefficient (Wildman–Crippen LogP) is 3.02. The Morgan fingerprint density at radius 2 is 1.77 bits per heavy atom. The zero-order valence-corrected chi connectivity index (χ0v) is 28.5. The van der Waals surface area contributed by atoms with E-state index in [1.807, 2.05) is 66.9 Å². The Labute approximate surface area is 284 Å². The molecule has 3 aromatic rings. The van der Waals surface area contributed by atoms with E-state index in [1.165, 1.54) is 23.5 Å². The number of carbonyl (C=O) groups excluding carboxylic acids is 4. The molecule has 2 amide bonds. The van der Waals surface area contributed by atoms with Gasteiger partial charge >= 0.3 is 11.9 Å². The minimum Gasteiger partial charge on any atom is -0.457 e. The molecule has 5 rings (SSSR count). The van der Waals surface area contributed by atoms with Crippen LogP contribution in [0.15, 0.2) is 65.8 Å². The van der Waals surface area contributed by atoms with Gasteiger partial charge in [0.1, 0.15) is 21.8 Å². The number of nitrogen functional groups attached to an aromatic ring is 1. The number of amides is 2. The smallest absolute Gasteiger partial charge is 0.347 e. The first-order valence-corrected chi connectivity index (χ1v) is 17.6. The second-order valence-electron chi connectivity index (χ2n) is 11.7. The quantitative estimate of drug-likeness (QED) is 0.130. The number of nitrogens with one attached hydrogen (secondary N) is 1. The van der Waals surface area contributed by atoms with Crippen LogP contribution in [0.2, 0.25) is 0 Å². The average molecular weight is 699 g/mol. The maximum absolute atomic E-state index is 13.9. The molecule has 3 heterocycles. The summed E-state index contributed by atoms with van der Waals surface area (Å²) in [4.78, 5) is 63.3. The van der Waals surface area contributed by atoms with Crippen molar-refractivity contribution in [3.63, 3.8) is 0 Å². The number of thioether (sulfide) groups is 2.